The standard InChI is InChI=1S/C15H20N2O3/c18-14(19)9-5-11-17(12-6-2-1-3-7-12)15(20)13-8-4-10-16-13/h1-3,6-7,13,16H,4-5,8-11H2,(H,18,19)/t13-/m1/s1. The van der Waals surface area contributed by atoms with E-state index < -0.39 is 5.97 Å². The van der Waals surface area contributed by atoms with Gasteiger partial charge < -0.3 is 15.3 Å². The Morgan fingerprint density at radius 2 is 2.05 bits per heavy atom. The molecule has 1 atom stereocenters. The zero-order valence-electron chi connectivity index (χ0n) is 11.4. The van der Waals surface area contributed by atoms with E-state index in [-0.39, 0.29) is 18.4 Å². The smallest absolute Gasteiger partial charge is 0.303 e. The fourth-order valence-electron chi connectivity index (χ4n) is 2.45. The number of carboxylic acid groups (broad SMARTS) is 1. The molecule has 5 heteroatoms. The van der Waals surface area contributed by atoms with Crippen LogP contribution in [0.1, 0.15) is 25.7 Å². The molecule has 1 fully saturated rings. The van der Waals surface area contributed by atoms with Gasteiger partial charge in [-0.2, -0.15) is 0 Å². The first-order valence-electron chi connectivity index (χ1n) is 7.00. The van der Waals surface area contributed by atoms with Gasteiger partial charge in [0.2, 0.25) is 5.91 Å². The van der Waals surface area contributed by atoms with Crippen molar-refractivity contribution >= 4 is 17.6 Å². The van der Waals surface area contributed by atoms with Crippen LogP contribution >= 0.6 is 0 Å². The van der Waals surface area contributed by atoms with Gasteiger partial charge in [0, 0.05) is 18.7 Å². The number of carbonyl (C=O) groups is 2. The number of para-hydroxylation sites is 1. The van der Waals surface area contributed by atoms with Crippen LogP contribution in [0.15, 0.2) is 30.3 Å². The van der Waals surface area contributed by atoms with Gasteiger partial charge in [0.15, 0.2) is 0 Å². The SMILES string of the molecule is O=C(O)CCCN(C(=O)[C@H]1CCCN1)c1ccccc1. The summed E-state index contributed by atoms with van der Waals surface area (Å²) < 4.78 is 0. The number of carbonyl (C=O) groups excluding carboxylic acids is 1. The molecule has 1 aromatic carbocycles. The number of benzene rings is 1. The van der Waals surface area contributed by atoms with Gasteiger partial charge in [-0.15, -0.1) is 0 Å². The van der Waals surface area contributed by atoms with Crippen molar-refractivity contribution < 1.29 is 14.7 Å². The highest BCUT2D eigenvalue weighted by molar-refractivity contribution is 5.97. The quantitative estimate of drug-likeness (QED) is 0.828. The van der Waals surface area contributed by atoms with Crippen LogP contribution in [-0.2, 0) is 9.59 Å². The van der Waals surface area contributed by atoms with E-state index in [2.05, 4.69) is 5.32 Å². The number of carboxylic acids is 1. The van der Waals surface area contributed by atoms with E-state index >= 15 is 0 Å². The highest BCUT2D eigenvalue weighted by Crippen LogP contribution is 2.18. The van der Waals surface area contributed by atoms with Crippen LogP contribution in [0.2, 0.25) is 0 Å². The molecule has 0 bridgehead atoms. The topological polar surface area (TPSA) is 69.6 Å². The maximum atomic E-state index is 12.5. The fourth-order valence-corrected chi connectivity index (χ4v) is 2.45. The van der Waals surface area contributed by atoms with E-state index in [0.29, 0.717) is 13.0 Å². The van der Waals surface area contributed by atoms with Crippen LogP contribution in [0.25, 0.3) is 0 Å². The van der Waals surface area contributed by atoms with Crippen LogP contribution in [0, 0.1) is 0 Å². The van der Waals surface area contributed by atoms with E-state index in [1.807, 2.05) is 30.3 Å². The van der Waals surface area contributed by atoms with Crippen LogP contribution < -0.4 is 10.2 Å². The molecule has 1 aromatic rings. The molecule has 0 aromatic heterocycles. The second-order valence-electron chi connectivity index (χ2n) is 4.97. The summed E-state index contributed by atoms with van der Waals surface area (Å²) in [5.41, 5.74) is 0.830. The Bertz CT molecular complexity index is 455. The highest BCUT2D eigenvalue weighted by Gasteiger charge is 2.27. The van der Waals surface area contributed by atoms with Gasteiger partial charge >= 0.3 is 5.97 Å². The molecule has 0 aliphatic carbocycles. The lowest BCUT2D eigenvalue weighted by Crippen LogP contribution is -2.44. The van der Waals surface area contributed by atoms with Crippen LogP contribution in [0.4, 0.5) is 5.69 Å². The maximum absolute atomic E-state index is 12.5. The third-order valence-electron chi connectivity index (χ3n) is 3.46. The summed E-state index contributed by atoms with van der Waals surface area (Å²) in [7, 11) is 0. The van der Waals surface area contributed by atoms with Crippen molar-refractivity contribution in [2.75, 3.05) is 18.0 Å². The molecule has 0 spiro atoms. The van der Waals surface area contributed by atoms with Crippen molar-refractivity contribution in [2.24, 2.45) is 0 Å². The first kappa shape index (κ1) is 14.5. The molecule has 0 saturated carbocycles. The van der Waals surface area contributed by atoms with E-state index in [4.69, 9.17) is 5.11 Å². The minimum Gasteiger partial charge on any atom is -0.481 e. The molecule has 20 heavy (non-hydrogen) atoms. The van der Waals surface area contributed by atoms with Gasteiger partial charge in [0.05, 0.1) is 6.04 Å². The Morgan fingerprint density at radius 1 is 1.30 bits per heavy atom. The Kier molecular flexibility index (Phi) is 5.12. The minimum atomic E-state index is -0.829. The maximum Gasteiger partial charge on any atom is 0.303 e. The van der Waals surface area contributed by atoms with Crippen molar-refractivity contribution in [1.82, 2.24) is 5.32 Å². The minimum absolute atomic E-state index is 0.0408. The number of rotatable bonds is 6. The number of anilines is 1. The Hall–Kier alpha value is -1.88. The van der Waals surface area contributed by atoms with Gasteiger partial charge in [0.25, 0.3) is 0 Å². The number of aliphatic carboxylic acids is 1. The molecular weight excluding hydrogens is 256 g/mol. The van der Waals surface area contributed by atoms with Gasteiger partial charge in [0.1, 0.15) is 0 Å². The fraction of sp³-hybridized carbons (Fsp3) is 0.467. The molecule has 5 nitrogen and oxygen atoms in total. The summed E-state index contributed by atoms with van der Waals surface area (Å²) in [4.78, 5) is 24.9. The van der Waals surface area contributed by atoms with Crippen molar-refractivity contribution in [3.63, 3.8) is 0 Å². The lowest BCUT2D eigenvalue weighted by Gasteiger charge is -2.25. The predicted octanol–water partition coefficient (Wildman–Crippen LogP) is 1.64. The third kappa shape index (κ3) is 3.81. The Morgan fingerprint density at radius 3 is 2.65 bits per heavy atom. The normalized spacial score (nSPS) is 17.9. The average molecular weight is 276 g/mol. The van der Waals surface area contributed by atoms with Crippen molar-refractivity contribution in [1.29, 1.82) is 0 Å². The molecule has 0 radical (unpaired) electrons. The number of hydrogen-bond acceptors (Lipinski definition) is 3. The largest absolute Gasteiger partial charge is 0.481 e. The summed E-state index contributed by atoms with van der Waals surface area (Å²) in [5.74, 6) is -0.788. The Labute approximate surface area is 118 Å². The van der Waals surface area contributed by atoms with E-state index in [9.17, 15) is 9.59 Å². The zero-order valence-corrected chi connectivity index (χ0v) is 11.4. The molecule has 1 aliphatic heterocycles. The summed E-state index contributed by atoms with van der Waals surface area (Å²) in [6.07, 6.45) is 2.40. The molecule has 0 unspecified atom stereocenters. The summed E-state index contributed by atoms with van der Waals surface area (Å²) in [6.45, 7) is 1.31. The molecule has 108 valence electrons. The van der Waals surface area contributed by atoms with E-state index in [0.717, 1.165) is 25.1 Å². The highest BCUT2D eigenvalue weighted by atomic mass is 16.4. The monoisotopic (exact) mass is 276 g/mol. The van der Waals surface area contributed by atoms with Crippen molar-refractivity contribution in [3.05, 3.63) is 30.3 Å². The van der Waals surface area contributed by atoms with Gasteiger partial charge in [-0.25, -0.2) is 0 Å². The van der Waals surface area contributed by atoms with Gasteiger partial charge in [-0.05, 0) is 37.9 Å². The van der Waals surface area contributed by atoms with Gasteiger partial charge in [-0.1, -0.05) is 18.2 Å². The van der Waals surface area contributed by atoms with Gasteiger partial charge in [-0.3, -0.25) is 9.59 Å². The predicted molar refractivity (Wildman–Crippen MR) is 76.7 cm³/mol. The number of hydrogen-bond donors (Lipinski definition) is 2. The third-order valence-corrected chi connectivity index (χ3v) is 3.46. The van der Waals surface area contributed by atoms with Crippen LogP contribution in [0.5, 0.6) is 0 Å². The summed E-state index contributed by atoms with van der Waals surface area (Å²) in [6, 6.07) is 9.29. The molecule has 1 heterocycles. The van der Waals surface area contributed by atoms with Crippen molar-refractivity contribution in [2.45, 2.75) is 31.7 Å². The second kappa shape index (κ2) is 7.05. The van der Waals surface area contributed by atoms with E-state index in [1.54, 1.807) is 4.90 Å². The first-order chi connectivity index (χ1) is 9.68. The summed E-state index contributed by atoms with van der Waals surface area (Å²) in [5, 5.41) is 11.9. The molecule has 1 amide bonds. The number of nitrogens with one attached hydrogen (secondary N) is 1. The second-order valence-corrected chi connectivity index (χ2v) is 4.97. The van der Waals surface area contributed by atoms with Crippen molar-refractivity contribution in [3.8, 4) is 0 Å². The Balaban J connectivity index is 2.06. The van der Waals surface area contributed by atoms with Crippen LogP contribution in [0.3, 0.4) is 0 Å². The summed E-state index contributed by atoms with van der Waals surface area (Å²) >= 11 is 0. The van der Waals surface area contributed by atoms with E-state index in [1.165, 1.54) is 0 Å². The molecule has 1 saturated heterocycles. The molecule has 2 N–H and O–H groups in total. The number of nitrogens with zero attached hydrogens (tertiary/aromatic N) is 1. The first-order valence-corrected chi connectivity index (χ1v) is 7.00. The lowest BCUT2D eigenvalue weighted by atomic mass is 10.1. The molecule has 1 aliphatic rings. The van der Waals surface area contributed by atoms with Crippen LogP contribution in [-0.4, -0.2) is 36.1 Å². The molecule has 2 rings (SSSR count). The lowest BCUT2D eigenvalue weighted by molar-refractivity contribution is -0.137. The number of amides is 1. The average Bonchev–Trinajstić information content (AvgIpc) is 2.98. The molecular formula is C15H20N2O3. The zero-order chi connectivity index (χ0) is 14.4.